The Hall–Kier alpha value is -2.08. The van der Waals surface area contributed by atoms with Crippen LogP contribution in [0.2, 0.25) is 0 Å². The molecule has 0 unspecified atom stereocenters. The standard InChI is InChI=1S/C18H27N5S/c1-14-17(24-15(2)22-14)13-21-18(19-3)20-11-8-12-23(4)16-9-6-5-7-10-16/h5-7,9-10H,8,11-13H2,1-4H3,(H2,19,20,21). The fraction of sp³-hybridized carbons (Fsp3) is 0.444. The normalized spacial score (nSPS) is 11.4. The summed E-state index contributed by atoms with van der Waals surface area (Å²) in [5.74, 6) is 0.836. The van der Waals surface area contributed by atoms with Gasteiger partial charge in [0.05, 0.1) is 17.2 Å². The van der Waals surface area contributed by atoms with Gasteiger partial charge >= 0.3 is 0 Å². The summed E-state index contributed by atoms with van der Waals surface area (Å²) in [7, 11) is 3.92. The van der Waals surface area contributed by atoms with Gasteiger partial charge in [0.2, 0.25) is 0 Å². The smallest absolute Gasteiger partial charge is 0.191 e. The van der Waals surface area contributed by atoms with Gasteiger partial charge in [-0.1, -0.05) is 18.2 Å². The summed E-state index contributed by atoms with van der Waals surface area (Å²) in [6, 6.07) is 10.4. The third-order valence-corrected chi connectivity index (χ3v) is 4.87. The second-order valence-electron chi connectivity index (χ2n) is 5.70. The minimum atomic E-state index is 0.765. The quantitative estimate of drug-likeness (QED) is 0.460. The molecule has 1 aromatic carbocycles. The molecule has 0 aliphatic carbocycles. The summed E-state index contributed by atoms with van der Waals surface area (Å²) in [4.78, 5) is 12.3. The molecular formula is C18H27N5S. The molecule has 2 aromatic rings. The van der Waals surface area contributed by atoms with Gasteiger partial charge in [-0.05, 0) is 32.4 Å². The molecule has 0 fully saturated rings. The van der Waals surface area contributed by atoms with Crippen molar-refractivity contribution >= 4 is 23.0 Å². The van der Waals surface area contributed by atoms with E-state index in [1.807, 2.05) is 13.0 Å². The number of guanidine groups is 1. The Labute approximate surface area is 148 Å². The number of hydrogen-bond acceptors (Lipinski definition) is 4. The van der Waals surface area contributed by atoms with Gasteiger partial charge in [-0.15, -0.1) is 11.3 Å². The summed E-state index contributed by atoms with van der Waals surface area (Å²) < 4.78 is 0. The molecular weight excluding hydrogens is 318 g/mol. The van der Waals surface area contributed by atoms with Crippen LogP contribution in [-0.4, -0.2) is 38.1 Å². The average molecular weight is 346 g/mol. The van der Waals surface area contributed by atoms with Crippen molar-refractivity contribution in [3.8, 4) is 0 Å². The maximum absolute atomic E-state index is 4.45. The minimum Gasteiger partial charge on any atom is -0.375 e. The van der Waals surface area contributed by atoms with Gasteiger partial charge in [0.15, 0.2) is 5.96 Å². The van der Waals surface area contributed by atoms with Crippen LogP contribution < -0.4 is 15.5 Å². The van der Waals surface area contributed by atoms with E-state index in [4.69, 9.17) is 0 Å². The van der Waals surface area contributed by atoms with Gasteiger partial charge in [-0.25, -0.2) is 4.98 Å². The number of anilines is 1. The lowest BCUT2D eigenvalue weighted by atomic mass is 10.3. The Balaban J connectivity index is 1.69. The van der Waals surface area contributed by atoms with Crippen molar-refractivity contribution in [1.29, 1.82) is 0 Å². The molecule has 0 bridgehead atoms. The largest absolute Gasteiger partial charge is 0.375 e. The summed E-state index contributed by atoms with van der Waals surface area (Å²) >= 11 is 1.73. The third-order valence-electron chi connectivity index (χ3n) is 3.80. The third kappa shape index (κ3) is 5.53. The van der Waals surface area contributed by atoms with Crippen LogP contribution in [0.25, 0.3) is 0 Å². The Bertz CT molecular complexity index is 651. The maximum atomic E-state index is 4.45. The fourth-order valence-electron chi connectivity index (χ4n) is 2.46. The maximum Gasteiger partial charge on any atom is 0.191 e. The number of rotatable bonds is 7. The number of aliphatic imine (C=N–C) groups is 1. The average Bonchev–Trinajstić information content (AvgIpc) is 2.92. The Morgan fingerprint density at radius 2 is 1.96 bits per heavy atom. The molecule has 0 aliphatic heterocycles. The predicted octanol–water partition coefficient (Wildman–Crippen LogP) is 2.95. The lowest BCUT2D eigenvalue weighted by Crippen LogP contribution is -2.38. The zero-order valence-electron chi connectivity index (χ0n) is 15.0. The highest BCUT2D eigenvalue weighted by molar-refractivity contribution is 7.11. The van der Waals surface area contributed by atoms with Gasteiger partial charge in [0.25, 0.3) is 0 Å². The zero-order valence-corrected chi connectivity index (χ0v) is 15.8. The van der Waals surface area contributed by atoms with E-state index < -0.39 is 0 Å². The summed E-state index contributed by atoms with van der Waals surface area (Å²) in [6.45, 7) is 6.74. The SMILES string of the molecule is CN=C(NCCCN(C)c1ccccc1)NCc1sc(C)nc1C. The molecule has 1 aromatic heterocycles. The van der Waals surface area contributed by atoms with Gasteiger partial charge < -0.3 is 15.5 Å². The van der Waals surface area contributed by atoms with Gasteiger partial charge in [-0.2, -0.15) is 0 Å². The van der Waals surface area contributed by atoms with Crippen LogP contribution in [0.4, 0.5) is 5.69 Å². The topological polar surface area (TPSA) is 52.6 Å². The van der Waals surface area contributed by atoms with E-state index >= 15 is 0 Å². The number of nitrogens with one attached hydrogen (secondary N) is 2. The van der Waals surface area contributed by atoms with E-state index in [-0.39, 0.29) is 0 Å². The van der Waals surface area contributed by atoms with E-state index in [2.05, 4.69) is 63.7 Å². The van der Waals surface area contributed by atoms with Gasteiger partial charge in [0.1, 0.15) is 0 Å². The van der Waals surface area contributed by atoms with Crippen molar-refractivity contribution in [2.75, 3.05) is 32.1 Å². The van der Waals surface area contributed by atoms with Crippen molar-refractivity contribution < 1.29 is 0 Å². The lowest BCUT2D eigenvalue weighted by molar-refractivity contribution is 0.730. The number of nitrogens with zero attached hydrogens (tertiary/aromatic N) is 3. The van der Waals surface area contributed by atoms with Crippen LogP contribution >= 0.6 is 11.3 Å². The van der Waals surface area contributed by atoms with E-state index in [0.717, 1.165) is 42.7 Å². The molecule has 0 aliphatic rings. The predicted molar refractivity (Wildman–Crippen MR) is 104 cm³/mol. The highest BCUT2D eigenvalue weighted by Crippen LogP contribution is 2.16. The second-order valence-corrected chi connectivity index (χ2v) is 6.99. The number of thiazole rings is 1. The van der Waals surface area contributed by atoms with Crippen molar-refractivity contribution in [1.82, 2.24) is 15.6 Å². The van der Waals surface area contributed by atoms with Crippen LogP contribution in [0.15, 0.2) is 35.3 Å². The summed E-state index contributed by atoms with van der Waals surface area (Å²) in [5.41, 5.74) is 2.35. The molecule has 0 saturated carbocycles. The number of benzene rings is 1. The fourth-order valence-corrected chi connectivity index (χ4v) is 3.33. The first-order valence-corrected chi connectivity index (χ1v) is 9.05. The molecule has 0 saturated heterocycles. The number of aromatic nitrogens is 1. The van der Waals surface area contributed by atoms with Gasteiger partial charge in [-0.3, -0.25) is 4.99 Å². The number of hydrogen-bond donors (Lipinski definition) is 2. The minimum absolute atomic E-state index is 0.765. The molecule has 130 valence electrons. The highest BCUT2D eigenvalue weighted by atomic mass is 32.1. The van der Waals surface area contributed by atoms with Crippen molar-refractivity contribution in [3.63, 3.8) is 0 Å². The molecule has 2 N–H and O–H groups in total. The van der Waals surface area contributed by atoms with Gasteiger partial charge in [0, 0.05) is 37.7 Å². The first-order valence-electron chi connectivity index (χ1n) is 8.23. The Kier molecular flexibility index (Phi) is 7.06. The summed E-state index contributed by atoms with van der Waals surface area (Å²) in [5, 5.41) is 7.83. The highest BCUT2D eigenvalue weighted by Gasteiger charge is 2.06. The summed E-state index contributed by atoms with van der Waals surface area (Å²) in [6.07, 6.45) is 1.05. The Morgan fingerprint density at radius 3 is 2.58 bits per heavy atom. The van der Waals surface area contributed by atoms with E-state index in [9.17, 15) is 0 Å². The van der Waals surface area contributed by atoms with Crippen molar-refractivity contribution in [2.45, 2.75) is 26.8 Å². The number of aryl methyl sites for hydroxylation is 2. The van der Waals surface area contributed by atoms with Crippen LogP contribution in [-0.2, 0) is 6.54 Å². The van der Waals surface area contributed by atoms with E-state index in [1.165, 1.54) is 10.6 Å². The monoisotopic (exact) mass is 345 g/mol. The first kappa shape index (κ1) is 18.3. The number of para-hydroxylation sites is 1. The molecule has 5 nitrogen and oxygen atoms in total. The van der Waals surface area contributed by atoms with Crippen LogP contribution in [0.5, 0.6) is 0 Å². The van der Waals surface area contributed by atoms with Crippen molar-refractivity contribution in [2.24, 2.45) is 4.99 Å². The molecule has 0 amide bonds. The molecule has 0 spiro atoms. The van der Waals surface area contributed by atoms with E-state index in [0.29, 0.717) is 0 Å². The van der Waals surface area contributed by atoms with Crippen LogP contribution in [0, 0.1) is 13.8 Å². The molecule has 6 heteroatoms. The van der Waals surface area contributed by atoms with E-state index in [1.54, 1.807) is 18.4 Å². The molecule has 2 rings (SSSR count). The zero-order chi connectivity index (χ0) is 17.4. The van der Waals surface area contributed by atoms with Crippen LogP contribution in [0.1, 0.15) is 22.0 Å². The lowest BCUT2D eigenvalue weighted by Gasteiger charge is -2.19. The Morgan fingerprint density at radius 1 is 1.21 bits per heavy atom. The molecule has 24 heavy (non-hydrogen) atoms. The second kappa shape index (κ2) is 9.27. The molecule has 1 heterocycles. The molecule has 0 atom stereocenters. The first-order chi connectivity index (χ1) is 11.6. The van der Waals surface area contributed by atoms with Crippen LogP contribution in [0.3, 0.4) is 0 Å². The van der Waals surface area contributed by atoms with Crippen molar-refractivity contribution in [3.05, 3.63) is 45.9 Å². The molecule has 0 radical (unpaired) electrons.